The molecule has 1 saturated heterocycles. The van der Waals surface area contributed by atoms with E-state index in [2.05, 4.69) is 0 Å². The number of nitrogens with zero attached hydrogens (tertiary/aromatic N) is 2. The van der Waals surface area contributed by atoms with Gasteiger partial charge in [-0.05, 0) is 32.2 Å². The number of hydrogen-bond acceptors (Lipinski definition) is 3. The van der Waals surface area contributed by atoms with Crippen molar-refractivity contribution in [3.05, 3.63) is 0 Å². The molecule has 1 saturated carbocycles. The lowest BCUT2D eigenvalue weighted by Crippen LogP contribution is -2.45. The first-order valence-electron chi connectivity index (χ1n) is 6.52. The zero-order valence-electron chi connectivity index (χ0n) is 10.9. The van der Waals surface area contributed by atoms with Gasteiger partial charge >= 0.3 is 6.18 Å². The predicted molar refractivity (Wildman–Crippen MR) is 62.4 cm³/mol. The van der Waals surface area contributed by atoms with Gasteiger partial charge in [-0.2, -0.15) is 13.2 Å². The van der Waals surface area contributed by atoms with Crippen LogP contribution in [0.4, 0.5) is 13.2 Å². The standard InChI is InChI=1S/C12H19F3N2O2/c1-16(6-10(18)8-2-3-8)9-4-5-17(11(9)19)7-12(13,14)15/h8-10,18H,2-7H2,1H3. The molecule has 2 unspecified atom stereocenters. The van der Waals surface area contributed by atoms with Crippen LogP contribution < -0.4 is 0 Å². The molecule has 2 fully saturated rings. The molecule has 0 aromatic rings. The Hall–Kier alpha value is -0.820. The Labute approximate surface area is 110 Å². The van der Waals surface area contributed by atoms with E-state index in [4.69, 9.17) is 0 Å². The lowest BCUT2D eigenvalue weighted by atomic mass is 10.1. The third kappa shape index (κ3) is 3.82. The molecule has 7 heteroatoms. The number of rotatable bonds is 5. The Morgan fingerprint density at radius 3 is 2.58 bits per heavy atom. The second kappa shape index (κ2) is 5.28. The van der Waals surface area contributed by atoms with Gasteiger partial charge in [-0.25, -0.2) is 0 Å². The van der Waals surface area contributed by atoms with Crippen molar-refractivity contribution >= 4 is 5.91 Å². The number of halogens is 3. The van der Waals surface area contributed by atoms with Crippen molar-refractivity contribution in [3.8, 4) is 0 Å². The first kappa shape index (κ1) is 14.6. The quantitative estimate of drug-likeness (QED) is 0.812. The highest BCUT2D eigenvalue weighted by atomic mass is 19.4. The van der Waals surface area contributed by atoms with Crippen molar-refractivity contribution in [2.75, 3.05) is 26.7 Å². The molecule has 2 rings (SSSR count). The van der Waals surface area contributed by atoms with Gasteiger partial charge in [-0.15, -0.1) is 0 Å². The summed E-state index contributed by atoms with van der Waals surface area (Å²) in [5.41, 5.74) is 0. The Bertz CT molecular complexity index is 344. The fourth-order valence-corrected chi connectivity index (χ4v) is 2.56. The van der Waals surface area contributed by atoms with Crippen LogP contribution in [0.1, 0.15) is 19.3 Å². The van der Waals surface area contributed by atoms with Gasteiger partial charge in [0.1, 0.15) is 6.54 Å². The van der Waals surface area contributed by atoms with E-state index in [1.807, 2.05) is 0 Å². The highest BCUT2D eigenvalue weighted by Crippen LogP contribution is 2.33. The van der Waals surface area contributed by atoms with Crippen molar-refractivity contribution in [2.45, 2.75) is 37.6 Å². The fraction of sp³-hybridized carbons (Fsp3) is 0.917. The maximum Gasteiger partial charge on any atom is 0.406 e. The largest absolute Gasteiger partial charge is 0.406 e. The average Bonchev–Trinajstić information content (AvgIpc) is 3.04. The molecule has 0 radical (unpaired) electrons. The number of hydrogen-bond donors (Lipinski definition) is 1. The summed E-state index contributed by atoms with van der Waals surface area (Å²) in [6, 6.07) is -0.532. The summed E-state index contributed by atoms with van der Waals surface area (Å²) in [6.45, 7) is -0.699. The second-order valence-corrected chi connectivity index (χ2v) is 5.52. The summed E-state index contributed by atoms with van der Waals surface area (Å²) in [4.78, 5) is 14.4. The number of carbonyl (C=O) groups is 1. The summed E-state index contributed by atoms with van der Waals surface area (Å²) in [6.07, 6.45) is -2.45. The van der Waals surface area contributed by atoms with Gasteiger partial charge < -0.3 is 10.0 Å². The van der Waals surface area contributed by atoms with Crippen molar-refractivity contribution in [1.29, 1.82) is 0 Å². The molecule has 2 aliphatic rings. The molecule has 0 bridgehead atoms. The first-order chi connectivity index (χ1) is 8.78. The van der Waals surface area contributed by atoms with Gasteiger partial charge in [0.25, 0.3) is 0 Å². The molecule has 1 N–H and O–H groups in total. The van der Waals surface area contributed by atoms with E-state index in [0.29, 0.717) is 18.9 Å². The number of amides is 1. The maximum absolute atomic E-state index is 12.3. The zero-order valence-corrected chi connectivity index (χ0v) is 10.9. The number of likely N-dealkylation sites (N-methyl/N-ethyl adjacent to an activating group) is 1. The summed E-state index contributed by atoms with van der Waals surface area (Å²) in [5.74, 6) is -0.187. The topological polar surface area (TPSA) is 43.8 Å². The van der Waals surface area contributed by atoms with Crippen LogP contribution in [0, 0.1) is 5.92 Å². The van der Waals surface area contributed by atoms with E-state index in [1.165, 1.54) is 0 Å². The SMILES string of the molecule is CN(CC(O)C1CC1)C1CCN(CC(F)(F)F)C1=O. The van der Waals surface area contributed by atoms with E-state index < -0.39 is 30.8 Å². The van der Waals surface area contributed by atoms with E-state index in [9.17, 15) is 23.1 Å². The van der Waals surface area contributed by atoms with Crippen molar-refractivity contribution in [2.24, 2.45) is 5.92 Å². The van der Waals surface area contributed by atoms with Crippen LogP contribution in [-0.4, -0.2) is 65.8 Å². The van der Waals surface area contributed by atoms with Gasteiger partial charge in [-0.1, -0.05) is 0 Å². The molecular weight excluding hydrogens is 261 g/mol. The maximum atomic E-state index is 12.3. The van der Waals surface area contributed by atoms with Crippen molar-refractivity contribution < 1.29 is 23.1 Å². The molecule has 0 aromatic heterocycles. The molecule has 1 aliphatic heterocycles. The second-order valence-electron chi connectivity index (χ2n) is 5.52. The predicted octanol–water partition coefficient (Wildman–Crippen LogP) is 0.852. The smallest absolute Gasteiger partial charge is 0.392 e. The number of likely N-dealkylation sites (tertiary alicyclic amines) is 1. The van der Waals surface area contributed by atoms with Gasteiger partial charge in [0, 0.05) is 13.1 Å². The van der Waals surface area contributed by atoms with Crippen LogP contribution in [-0.2, 0) is 4.79 Å². The third-order valence-corrected chi connectivity index (χ3v) is 3.81. The van der Waals surface area contributed by atoms with E-state index >= 15 is 0 Å². The van der Waals surface area contributed by atoms with Gasteiger partial charge in [0.2, 0.25) is 5.91 Å². The molecule has 1 heterocycles. The minimum atomic E-state index is -4.35. The fourth-order valence-electron chi connectivity index (χ4n) is 2.56. The van der Waals surface area contributed by atoms with Crippen LogP contribution in [0.25, 0.3) is 0 Å². The molecule has 110 valence electrons. The molecule has 0 aromatic carbocycles. The summed E-state index contributed by atoms with van der Waals surface area (Å²) < 4.78 is 36.9. The third-order valence-electron chi connectivity index (χ3n) is 3.81. The number of alkyl halides is 3. The summed E-state index contributed by atoms with van der Waals surface area (Å²) in [7, 11) is 1.69. The van der Waals surface area contributed by atoms with Gasteiger partial charge in [0.05, 0.1) is 12.1 Å². The van der Waals surface area contributed by atoms with Crippen LogP contribution in [0.5, 0.6) is 0 Å². The average molecular weight is 280 g/mol. The Balaban J connectivity index is 1.85. The Morgan fingerprint density at radius 1 is 1.42 bits per heavy atom. The Morgan fingerprint density at radius 2 is 2.05 bits per heavy atom. The van der Waals surface area contributed by atoms with Gasteiger partial charge in [-0.3, -0.25) is 9.69 Å². The number of aliphatic hydroxyl groups is 1. The van der Waals surface area contributed by atoms with Crippen LogP contribution >= 0.6 is 0 Å². The first-order valence-corrected chi connectivity index (χ1v) is 6.52. The van der Waals surface area contributed by atoms with E-state index in [1.54, 1.807) is 11.9 Å². The zero-order chi connectivity index (χ0) is 14.2. The summed E-state index contributed by atoms with van der Waals surface area (Å²) in [5, 5.41) is 9.81. The molecule has 1 amide bonds. The molecule has 0 spiro atoms. The van der Waals surface area contributed by atoms with E-state index in [-0.39, 0.29) is 6.54 Å². The Kier molecular flexibility index (Phi) is 4.06. The molecule has 1 aliphatic carbocycles. The van der Waals surface area contributed by atoms with Gasteiger partial charge in [0.15, 0.2) is 0 Å². The molecule has 19 heavy (non-hydrogen) atoms. The lowest BCUT2D eigenvalue weighted by molar-refractivity contribution is -0.159. The lowest BCUT2D eigenvalue weighted by Gasteiger charge is -2.26. The van der Waals surface area contributed by atoms with Crippen molar-refractivity contribution in [1.82, 2.24) is 9.80 Å². The summed E-state index contributed by atoms with van der Waals surface area (Å²) >= 11 is 0. The monoisotopic (exact) mass is 280 g/mol. The van der Waals surface area contributed by atoms with Crippen LogP contribution in [0.3, 0.4) is 0 Å². The van der Waals surface area contributed by atoms with Crippen LogP contribution in [0.15, 0.2) is 0 Å². The number of aliphatic hydroxyl groups excluding tert-OH is 1. The normalized spacial score (nSPS) is 26.3. The van der Waals surface area contributed by atoms with Crippen LogP contribution in [0.2, 0.25) is 0 Å². The van der Waals surface area contributed by atoms with Crippen molar-refractivity contribution in [3.63, 3.8) is 0 Å². The minimum Gasteiger partial charge on any atom is -0.392 e. The highest BCUT2D eigenvalue weighted by molar-refractivity contribution is 5.84. The molecule has 4 nitrogen and oxygen atoms in total. The number of carbonyl (C=O) groups excluding carboxylic acids is 1. The highest BCUT2D eigenvalue weighted by Gasteiger charge is 2.41. The molecule has 2 atom stereocenters. The minimum absolute atomic E-state index is 0.132. The molecular formula is C12H19F3N2O2. The van der Waals surface area contributed by atoms with E-state index in [0.717, 1.165) is 17.7 Å².